The molecule has 0 aliphatic heterocycles. The van der Waals surface area contributed by atoms with Gasteiger partial charge in [-0.3, -0.25) is 4.79 Å². The average molecular weight is 256 g/mol. The van der Waals surface area contributed by atoms with Gasteiger partial charge in [-0.15, -0.1) is 0 Å². The first-order chi connectivity index (χ1) is 8.86. The quantitative estimate of drug-likeness (QED) is 0.576. The molecule has 4 nitrogen and oxygen atoms in total. The van der Waals surface area contributed by atoms with Crippen LogP contribution in [0.3, 0.4) is 0 Å². The number of para-hydroxylation sites is 1. The maximum atomic E-state index is 10.3. The van der Waals surface area contributed by atoms with Gasteiger partial charge in [0.05, 0.1) is 17.1 Å². The molecule has 0 aliphatic rings. The number of carbonyl (C=O) groups excluding carboxylic acids is 1. The van der Waals surface area contributed by atoms with E-state index in [0.29, 0.717) is 6.41 Å². The highest BCUT2D eigenvalue weighted by atomic mass is 32.1. The van der Waals surface area contributed by atoms with E-state index in [4.69, 9.17) is 0 Å². The van der Waals surface area contributed by atoms with E-state index < -0.39 is 0 Å². The molecule has 2 heterocycles. The fraction of sp³-hybridized carbons (Fsp3) is 0. The van der Waals surface area contributed by atoms with Crippen molar-refractivity contribution in [2.24, 2.45) is 0 Å². The predicted molar refractivity (Wildman–Crippen MR) is 70.8 cm³/mol. The topological polar surface area (TPSA) is 45.9 Å². The Kier molecular flexibility index (Phi) is 2.74. The molecule has 0 fully saturated rings. The summed E-state index contributed by atoms with van der Waals surface area (Å²) >= 11 is 1.63. The minimum atomic E-state index is 0.664. The van der Waals surface area contributed by atoms with Crippen LogP contribution in [0.5, 0.6) is 0 Å². The number of aromatic nitrogens is 2. The molecule has 0 bridgehead atoms. The molecule has 0 radical (unpaired) electrons. The number of carbonyl (C=O) groups is 1. The largest absolute Gasteiger partial charge is 0.388 e. The lowest BCUT2D eigenvalue weighted by Gasteiger charge is -1.96. The summed E-state index contributed by atoms with van der Waals surface area (Å²) in [6.45, 7) is 0. The molecule has 0 saturated heterocycles. The summed E-state index contributed by atoms with van der Waals surface area (Å²) in [5.41, 5.74) is 1.77. The first-order valence-electron chi connectivity index (χ1n) is 5.44. The van der Waals surface area contributed by atoms with Crippen LogP contribution in [-0.4, -0.2) is 11.4 Å². The number of hydrogen-bond acceptors (Lipinski definition) is 3. The van der Waals surface area contributed by atoms with Crippen molar-refractivity contribution >= 4 is 33.7 Å². The zero-order chi connectivity index (χ0) is 12.4. The van der Waals surface area contributed by atoms with Gasteiger partial charge < -0.3 is 5.32 Å². The van der Waals surface area contributed by atoms with E-state index in [-0.39, 0.29) is 0 Å². The first-order valence-corrected chi connectivity index (χ1v) is 6.26. The SMILES string of the molecule is O=CNc1cc[n+](-c2nc3ccccc3s2)cc1. The number of nitrogens with one attached hydrogen (secondary N) is 1. The van der Waals surface area contributed by atoms with E-state index in [0.717, 1.165) is 21.0 Å². The molecule has 2 aromatic heterocycles. The lowest BCUT2D eigenvalue weighted by Crippen LogP contribution is -2.28. The molecule has 0 spiro atoms. The normalized spacial score (nSPS) is 10.4. The lowest BCUT2D eigenvalue weighted by molar-refractivity contribution is -0.595. The number of amides is 1. The van der Waals surface area contributed by atoms with Crippen LogP contribution in [0.15, 0.2) is 48.8 Å². The second-order valence-corrected chi connectivity index (χ2v) is 4.73. The molecular formula is C13H10N3OS+. The summed E-state index contributed by atoms with van der Waals surface area (Å²) in [7, 11) is 0. The van der Waals surface area contributed by atoms with E-state index >= 15 is 0 Å². The van der Waals surface area contributed by atoms with Crippen LogP contribution in [0.4, 0.5) is 5.69 Å². The molecule has 0 unspecified atom stereocenters. The molecule has 3 rings (SSSR count). The third-order valence-corrected chi connectivity index (χ3v) is 3.61. The van der Waals surface area contributed by atoms with Crippen molar-refractivity contribution in [1.29, 1.82) is 0 Å². The molecule has 0 atom stereocenters. The van der Waals surface area contributed by atoms with Crippen molar-refractivity contribution in [2.45, 2.75) is 0 Å². The maximum absolute atomic E-state index is 10.3. The zero-order valence-electron chi connectivity index (χ0n) is 9.41. The standard InChI is InChI=1S/C13H9N3OS/c17-9-14-10-5-7-16(8-6-10)13-15-11-3-1-2-4-12(11)18-13/h1-9H/p+1. The van der Waals surface area contributed by atoms with Crippen LogP contribution in [0.2, 0.25) is 0 Å². The van der Waals surface area contributed by atoms with Crippen LogP contribution in [0.1, 0.15) is 0 Å². The molecule has 88 valence electrons. The Morgan fingerprint density at radius 2 is 1.94 bits per heavy atom. The molecule has 1 aromatic carbocycles. The summed E-state index contributed by atoms with van der Waals surface area (Å²) < 4.78 is 3.09. The van der Waals surface area contributed by atoms with Gasteiger partial charge in [0.25, 0.3) is 0 Å². The molecular weight excluding hydrogens is 246 g/mol. The number of fused-ring (bicyclic) bond motifs is 1. The van der Waals surface area contributed by atoms with Crippen LogP contribution in [-0.2, 0) is 4.79 Å². The predicted octanol–water partition coefficient (Wildman–Crippen LogP) is 2.14. The second kappa shape index (κ2) is 4.54. The monoisotopic (exact) mass is 256 g/mol. The summed E-state index contributed by atoms with van der Waals surface area (Å²) in [4.78, 5) is 14.9. The number of nitrogens with zero attached hydrogens (tertiary/aromatic N) is 2. The van der Waals surface area contributed by atoms with Crippen LogP contribution >= 0.6 is 11.3 Å². The van der Waals surface area contributed by atoms with E-state index in [1.165, 1.54) is 0 Å². The molecule has 1 N–H and O–H groups in total. The number of rotatable bonds is 3. The highest BCUT2D eigenvalue weighted by molar-refractivity contribution is 7.20. The fourth-order valence-electron chi connectivity index (χ4n) is 1.69. The van der Waals surface area contributed by atoms with Crippen molar-refractivity contribution in [2.75, 3.05) is 5.32 Å². The van der Waals surface area contributed by atoms with Crippen molar-refractivity contribution < 1.29 is 9.36 Å². The second-order valence-electron chi connectivity index (χ2n) is 3.72. The molecule has 0 saturated carbocycles. The number of pyridine rings is 1. The van der Waals surface area contributed by atoms with Gasteiger partial charge in [-0.05, 0) is 28.5 Å². The lowest BCUT2D eigenvalue weighted by atomic mass is 10.3. The Labute approximate surface area is 108 Å². The van der Waals surface area contributed by atoms with Crippen LogP contribution < -0.4 is 9.88 Å². The van der Waals surface area contributed by atoms with E-state index in [1.54, 1.807) is 11.3 Å². The third-order valence-electron chi connectivity index (χ3n) is 2.56. The molecule has 0 aliphatic carbocycles. The summed E-state index contributed by atoms with van der Waals surface area (Å²) in [5, 5.41) is 3.51. The maximum Gasteiger partial charge on any atom is 0.388 e. The van der Waals surface area contributed by atoms with E-state index in [1.807, 2.05) is 47.3 Å². The number of hydrogen-bond donors (Lipinski definition) is 1. The molecule has 1 amide bonds. The van der Waals surface area contributed by atoms with Gasteiger partial charge in [-0.25, -0.2) is 0 Å². The highest BCUT2D eigenvalue weighted by Crippen LogP contribution is 2.21. The molecule has 5 heteroatoms. The number of anilines is 1. The molecule has 3 aromatic rings. The highest BCUT2D eigenvalue weighted by Gasteiger charge is 2.13. The minimum Gasteiger partial charge on any atom is -0.328 e. The van der Waals surface area contributed by atoms with E-state index in [9.17, 15) is 4.79 Å². The fourth-order valence-corrected chi connectivity index (χ4v) is 2.62. The Hall–Kier alpha value is -2.27. The Bertz CT molecular complexity index is 658. The van der Waals surface area contributed by atoms with Gasteiger partial charge in [0.1, 0.15) is 0 Å². The van der Waals surface area contributed by atoms with Gasteiger partial charge in [0.2, 0.25) is 6.41 Å². The Balaban J connectivity index is 2.00. The van der Waals surface area contributed by atoms with Crippen LogP contribution in [0, 0.1) is 0 Å². The van der Waals surface area contributed by atoms with Crippen molar-refractivity contribution in [3.63, 3.8) is 0 Å². The van der Waals surface area contributed by atoms with Gasteiger partial charge >= 0.3 is 5.13 Å². The third kappa shape index (κ3) is 1.96. The van der Waals surface area contributed by atoms with Crippen molar-refractivity contribution in [3.8, 4) is 5.13 Å². The smallest absolute Gasteiger partial charge is 0.328 e. The minimum absolute atomic E-state index is 0.664. The van der Waals surface area contributed by atoms with Crippen molar-refractivity contribution in [1.82, 2.24) is 4.98 Å². The first kappa shape index (κ1) is 10.9. The van der Waals surface area contributed by atoms with Crippen LogP contribution in [0.25, 0.3) is 15.3 Å². The van der Waals surface area contributed by atoms with Gasteiger partial charge in [-0.2, -0.15) is 4.57 Å². The van der Waals surface area contributed by atoms with Gasteiger partial charge in [-0.1, -0.05) is 12.1 Å². The van der Waals surface area contributed by atoms with Crippen molar-refractivity contribution in [3.05, 3.63) is 48.8 Å². The summed E-state index contributed by atoms with van der Waals surface area (Å²) in [5.74, 6) is 0. The van der Waals surface area contributed by atoms with Gasteiger partial charge in [0, 0.05) is 17.8 Å². The zero-order valence-corrected chi connectivity index (χ0v) is 10.2. The number of benzene rings is 1. The summed E-state index contributed by atoms with van der Waals surface area (Å²) in [6, 6.07) is 11.7. The Morgan fingerprint density at radius 1 is 1.17 bits per heavy atom. The Morgan fingerprint density at radius 3 is 2.67 bits per heavy atom. The van der Waals surface area contributed by atoms with E-state index in [2.05, 4.69) is 16.4 Å². The number of thiazole rings is 1. The summed E-state index contributed by atoms with van der Waals surface area (Å²) in [6.07, 6.45) is 4.42. The molecule has 18 heavy (non-hydrogen) atoms. The van der Waals surface area contributed by atoms with Gasteiger partial charge in [0.15, 0.2) is 5.52 Å². The average Bonchev–Trinajstić information content (AvgIpc) is 2.84.